The van der Waals surface area contributed by atoms with Crippen LogP contribution in [0, 0.1) is 0 Å². The van der Waals surface area contributed by atoms with E-state index in [9.17, 15) is 4.79 Å². The van der Waals surface area contributed by atoms with Crippen LogP contribution < -0.4 is 9.80 Å². The minimum atomic E-state index is -1.07. The lowest BCUT2D eigenvalue weighted by atomic mass is 10.1. The van der Waals surface area contributed by atoms with Gasteiger partial charge in [0.2, 0.25) is 5.95 Å². The van der Waals surface area contributed by atoms with E-state index in [1.807, 2.05) is 25.1 Å². The van der Waals surface area contributed by atoms with E-state index in [0.29, 0.717) is 19.0 Å². The fourth-order valence-corrected chi connectivity index (χ4v) is 2.09. The summed E-state index contributed by atoms with van der Waals surface area (Å²) in [6, 6.07) is 1.97. The first-order valence-electron chi connectivity index (χ1n) is 6.45. The maximum absolute atomic E-state index is 10.8. The first-order chi connectivity index (χ1) is 10.0. The third kappa shape index (κ3) is 2.49. The molecule has 0 amide bonds. The summed E-state index contributed by atoms with van der Waals surface area (Å²) in [6.07, 6.45) is 3.18. The molecule has 1 fully saturated rings. The lowest BCUT2D eigenvalue weighted by Gasteiger charge is -2.39. The molecule has 0 spiro atoms. The monoisotopic (exact) mass is 289 g/mol. The van der Waals surface area contributed by atoms with E-state index in [4.69, 9.17) is 5.11 Å². The molecule has 0 saturated carbocycles. The van der Waals surface area contributed by atoms with Crippen LogP contribution in [0.2, 0.25) is 0 Å². The van der Waals surface area contributed by atoms with E-state index in [1.165, 1.54) is 6.20 Å². The molecule has 1 N–H and O–H groups in total. The standard InChI is InChI=1S/C12H15N7O2/c1-17(2)12-13-4-3-10(14-12)18-5-8(6-18)19-7-9(11(20)21)15-16-19/h3-4,7-8H,5-6H2,1-2H3,(H,20,21). The molecule has 2 aromatic rings. The third-order valence-electron chi connectivity index (χ3n) is 3.32. The van der Waals surface area contributed by atoms with Crippen molar-refractivity contribution in [3.63, 3.8) is 0 Å². The number of aromatic carboxylic acids is 1. The molecule has 1 saturated heterocycles. The first-order valence-corrected chi connectivity index (χ1v) is 6.45. The molecule has 0 bridgehead atoms. The minimum absolute atomic E-state index is 0.0367. The van der Waals surface area contributed by atoms with Gasteiger partial charge in [-0.3, -0.25) is 0 Å². The fourth-order valence-electron chi connectivity index (χ4n) is 2.09. The van der Waals surface area contributed by atoms with Crippen LogP contribution in [-0.4, -0.2) is 63.2 Å². The maximum Gasteiger partial charge on any atom is 0.358 e. The summed E-state index contributed by atoms with van der Waals surface area (Å²) < 4.78 is 1.59. The van der Waals surface area contributed by atoms with Gasteiger partial charge in [0.25, 0.3) is 0 Å². The fraction of sp³-hybridized carbons (Fsp3) is 0.417. The molecule has 9 heteroatoms. The highest BCUT2D eigenvalue weighted by Crippen LogP contribution is 2.26. The van der Waals surface area contributed by atoms with Gasteiger partial charge in [0.1, 0.15) is 5.82 Å². The zero-order valence-corrected chi connectivity index (χ0v) is 11.7. The zero-order valence-electron chi connectivity index (χ0n) is 11.7. The van der Waals surface area contributed by atoms with Gasteiger partial charge in [-0.2, -0.15) is 4.98 Å². The zero-order chi connectivity index (χ0) is 15.0. The van der Waals surface area contributed by atoms with Crippen molar-refractivity contribution in [3.05, 3.63) is 24.2 Å². The molecule has 3 rings (SSSR count). The number of carboxylic acids is 1. The number of carboxylic acid groups (broad SMARTS) is 1. The van der Waals surface area contributed by atoms with E-state index in [2.05, 4.69) is 25.2 Å². The van der Waals surface area contributed by atoms with E-state index >= 15 is 0 Å². The lowest BCUT2D eigenvalue weighted by molar-refractivity contribution is 0.0690. The molecule has 0 atom stereocenters. The average molecular weight is 289 g/mol. The Balaban J connectivity index is 1.67. The highest BCUT2D eigenvalue weighted by atomic mass is 16.4. The average Bonchev–Trinajstić information content (AvgIpc) is 2.87. The summed E-state index contributed by atoms with van der Waals surface area (Å²) in [5.74, 6) is 0.442. The van der Waals surface area contributed by atoms with Crippen LogP contribution >= 0.6 is 0 Å². The summed E-state index contributed by atoms with van der Waals surface area (Å²) >= 11 is 0. The summed E-state index contributed by atoms with van der Waals surface area (Å²) in [4.78, 5) is 23.3. The van der Waals surface area contributed by atoms with Gasteiger partial charge in [0.05, 0.1) is 12.2 Å². The van der Waals surface area contributed by atoms with E-state index in [-0.39, 0.29) is 11.7 Å². The Bertz CT molecular complexity index is 663. The molecule has 0 unspecified atom stereocenters. The second-order valence-corrected chi connectivity index (χ2v) is 5.06. The summed E-state index contributed by atoms with van der Waals surface area (Å²) in [5, 5.41) is 16.3. The summed E-state index contributed by atoms with van der Waals surface area (Å²) in [5.41, 5.74) is -0.0367. The Morgan fingerprint density at radius 3 is 2.81 bits per heavy atom. The number of aromatic nitrogens is 5. The number of hydrogen-bond donors (Lipinski definition) is 1. The van der Waals surface area contributed by atoms with Crippen molar-refractivity contribution in [2.24, 2.45) is 0 Å². The van der Waals surface area contributed by atoms with Crippen molar-refractivity contribution in [2.75, 3.05) is 37.0 Å². The SMILES string of the molecule is CN(C)c1nccc(N2CC(n3cc(C(=O)O)nn3)C2)n1. The topological polar surface area (TPSA) is 100 Å². The number of anilines is 2. The van der Waals surface area contributed by atoms with Gasteiger partial charge in [-0.1, -0.05) is 5.21 Å². The van der Waals surface area contributed by atoms with Gasteiger partial charge in [0, 0.05) is 33.4 Å². The Hall–Kier alpha value is -2.71. The Morgan fingerprint density at radius 2 is 2.19 bits per heavy atom. The second-order valence-electron chi connectivity index (χ2n) is 5.06. The quantitative estimate of drug-likeness (QED) is 0.832. The van der Waals surface area contributed by atoms with Crippen molar-refractivity contribution in [2.45, 2.75) is 6.04 Å². The van der Waals surface area contributed by atoms with Crippen LogP contribution in [0.4, 0.5) is 11.8 Å². The van der Waals surface area contributed by atoms with E-state index in [0.717, 1.165) is 5.82 Å². The molecule has 2 aromatic heterocycles. The van der Waals surface area contributed by atoms with Crippen molar-refractivity contribution >= 4 is 17.7 Å². The molecule has 0 radical (unpaired) electrons. The van der Waals surface area contributed by atoms with E-state index in [1.54, 1.807) is 10.9 Å². The molecule has 1 aliphatic rings. The van der Waals surface area contributed by atoms with Crippen LogP contribution in [-0.2, 0) is 0 Å². The number of carbonyl (C=O) groups is 1. The van der Waals surface area contributed by atoms with Gasteiger partial charge in [-0.05, 0) is 6.07 Å². The predicted molar refractivity (Wildman–Crippen MR) is 74.6 cm³/mol. The molecule has 3 heterocycles. The number of hydrogen-bond acceptors (Lipinski definition) is 7. The van der Waals surface area contributed by atoms with Gasteiger partial charge in [-0.25, -0.2) is 14.5 Å². The van der Waals surface area contributed by atoms with Gasteiger partial charge < -0.3 is 14.9 Å². The summed E-state index contributed by atoms with van der Waals surface area (Å²) in [6.45, 7) is 1.43. The maximum atomic E-state index is 10.8. The Kier molecular flexibility index (Phi) is 3.16. The molecule has 1 aliphatic heterocycles. The molecule has 9 nitrogen and oxygen atoms in total. The largest absolute Gasteiger partial charge is 0.476 e. The molecule has 0 aliphatic carbocycles. The Labute approximate surface area is 120 Å². The van der Waals surface area contributed by atoms with Gasteiger partial charge >= 0.3 is 5.97 Å². The predicted octanol–water partition coefficient (Wildman–Crippen LogP) is -0.106. The number of nitrogens with zero attached hydrogens (tertiary/aromatic N) is 7. The first kappa shape index (κ1) is 13.3. The Morgan fingerprint density at radius 1 is 1.43 bits per heavy atom. The van der Waals surface area contributed by atoms with Crippen LogP contribution in [0.5, 0.6) is 0 Å². The van der Waals surface area contributed by atoms with Gasteiger partial charge in [-0.15, -0.1) is 5.10 Å². The molecular weight excluding hydrogens is 274 g/mol. The van der Waals surface area contributed by atoms with Crippen molar-refractivity contribution in [1.82, 2.24) is 25.0 Å². The summed E-state index contributed by atoms with van der Waals surface area (Å²) in [7, 11) is 3.78. The van der Waals surface area contributed by atoms with Crippen molar-refractivity contribution in [3.8, 4) is 0 Å². The van der Waals surface area contributed by atoms with Crippen LogP contribution in [0.1, 0.15) is 16.5 Å². The molecule has 0 aromatic carbocycles. The number of rotatable bonds is 4. The second kappa shape index (κ2) is 5.00. The minimum Gasteiger partial charge on any atom is -0.476 e. The molecular formula is C12H15N7O2. The third-order valence-corrected chi connectivity index (χ3v) is 3.32. The van der Waals surface area contributed by atoms with Crippen molar-refractivity contribution < 1.29 is 9.90 Å². The van der Waals surface area contributed by atoms with Crippen LogP contribution in [0.3, 0.4) is 0 Å². The highest BCUT2D eigenvalue weighted by Gasteiger charge is 2.31. The van der Waals surface area contributed by atoms with Gasteiger partial charge in [0.15, 0.2) is 5.69 Å². The lowest BCUT2D eigenvalue weighted by Crippen LogP contribution is -2.48. The molecule has 21 heavy (non-hydrogen) atoms. The van der Waals surface area contributed by atoms with Crippen LogP contribution in [0.15, 0.2) is 18.5 Å². The van der Waals surface area contributed by atoms with Crippen molar-refractivity contribution in [1.29, 1.82) is 0 Å². The normalized spacial score (nSPS) is 14.9. The highest BCUT2D eigenvalue weighted by molar-refractivity contribution is 5.84. The van der Waals surface area contributed by atoms with Crippen LogP contribution in [0.25, 0.3) is 0 Å². The molecule has 110 valence electrons. The smallest absolute Gasteiger partial charge is 0.358 e. The van der Waals surface area contributed by atoms with E-state index < -0.39 is 5.97 Å².